The number of hydrogen-bond acceptors (Lipinski definition) is 4. The Morgan fingerprint density at radius 1 is 1.41 bits per heavy atom. The predicted octanol–water partition coefficient (Wildman–Crippen LogP) is 2.67. The molecule has 1 aliphatic rings. The molecule has 0 fully saturated rings. The van der Waals surface area contributed by atoms with E-state index in [9.17, 15) is 4.79 Å². The third-order valence-corrected chi connectivity index (χ3v) is 3.59. The van der Waals surface area contributed by atoms with E-state index in [0.29, 0.717) is 23.9 Å². The van der Waals surface area contributed by atoms with Gasteiger partial charge in [-0.3, -0.25) is 0 Å². The van der Waals surface area contributed by atoms with Crippen molar-refractivity contribution in [1.82, 2.24) is 5.32 Å². The molecule has 0 heterocycles. The Morgan fingerprint density at radius 3 is 2.82 bits per heavy atom. The summed E-state index contributed by atoms with van der Waals surface area (Å²) in [5.74, 6) is 0.698. The molecule has 0 spiro atoms. The second-order valence-corrected chi connectivity index (χ2v) is 6.90. The highest BCUT2D eigenvalue weighted by Gasteiger charge is 2.21. The first kappa shape index (κ1) is 16.9. The first-order chi connectivity index (χ1) is 10.2. The number of alkyl carbamates (subject to hydrolysis) is 1. The molecular weight excluding hydrogens is 304 g/mol. The lowest BCUT2D eigenvalue weighted by Gasteiger charge is -2.19. The molecule has 1 aromatic rings. The van der Waals surface area contributed by atoms with E-state index >= 15 is 0 Å². The molecule has 1 aliphatic carbocycles. The van der Waals surface area contributed by atoms with Gasteiger partial charge in [0.15, 0.2) is 0 Å². The normalized spacial score (nSPS) is 17.0. The lowest BCUT2D eigenvalue weighted by molar-refractivity contribution is 0.0520. The van der Waals surface area contributed by atoms with Gasteiger partial charge in [0.1, 0.15) is 18.0 Å². The summed E-state index contributed by atoms with van der Waals surface area (Å²) in [5.41, 5.74) is 7.71. The van der Waals surface area contributed by atoms with Gasteiger partial charge in [-0.05, 0) is 56.9 Å². The fourth-order valence-electron chi connectivity index (χ4n) is 2.41. The molecule has 1 amide bonds. The topological polar surface area (TPSA) is 73.6 Å². The number of nitrogens with one attached hydrogen (secondary N) is 1. The van der Waals surface area contributed by atoms with Crippen LogP contribution in [0.25, 0.3) is 0 Å². The highest BCUT2D eigenvalue weighted by Crippen LogP contribution is 2.32. The summed E-state index contributed by atoms with van der Waals surface area (Å²) in [5, 5.41) is 3.34. The molecule has 6 heteroatoms. The van der Waals surface area contributed by atoms with Crippen LogP contribution in [0.4, 0.5) is 4.79 Å². The molecule has 1 aromatic carbocycles. The standard InChI is InChI=1S/C16H23ClN2O3/c1-16(2,3)22-15(20)19-4-5-21-12-7-10-6-11(18)8-13(10)14(17)9-12/h7,9,11H,4-6,8,18H2,1-3H3,(H,19,20). The van der Waals surface area contributed by atoms with E-state index in [2.05, 4.69) is 5.32 Å². The summed E-state index contributed by atoms with van der Waals surface area (Å²) in [4.78, 5) is 11.5. The van der Waals surface area contributed by atoms with Gasteiger partial charge in [0.2, 0.25) is 0 Å². The predicted molar refractivity (Wildman–Crippen MR) is 86.6 cm³/mol. The van der Waals surface area contributed by atoms with E-state index < -0.39 is 11.7 Å². The molecule has 22 heavy (non-hydrogen) atoms. The number of amides is 1. The monoisotopic (exact) mass is 326 g/mol. The molecule has 0 bridgehead atoms. The number of hydrogen-bond donors (Lipinski definition) is 2. The van der Waals surface area contributed by atoms with Crippen molar-refractivity contribution in [3.63, 3.8) is 0 Å². The Morgan fingerprint density at radius 2 is 2.14 bits per heavy atom. The minimum Gasteiger partial charge on any atom is -0.492 e. The first-order valence-corrected chi connectivity index (χ1v) is 7.79. The van der Waals surface area contributed by atoms with Gasteiger partial charge in [0, 0.05) is 11.1 Å². The molecule has 0 saturated carbocycles. The van der Waals surface area contributed by atoms with Crippen LogP contribution in [0, 0.1) is 0 Å². The van der Waals surface area contributed by atoms with Crippen LogP contribution in [0.2, 0.25) is 5.02 Å². The van der Waals surface area contributed by atoms with Crippen LogP contribution < -0.4 is 15.8 Å². The van der Waals surface area contributed by atoms with E-state index in [4.69, 9.17) is 26.8 Å². The van der Waals surface area contributed by atoms with E-state index in [-0.39, 0.29) is 6.04 Å². The number of benzene rings is 1. The van der Waals surface area contributed by atoms with Crippen LogP contribution in [0.5, 0.6) is 5.75 Å². The lowest BCUT2D eigenvalue weighted by Crippen LogP contribution is -2.34. The summed E-state index contributed by atoms with van der Waals surface area (Å²) in [6.45, 7) is 6.17. The van der Waals surface area contributed by atoms with Crippen LogP contribution in [0.3, 0.4) is 0 Å². The number of carbonyl (C=O) groups is 1. The van der Waals surface area contributed by atoms with Gasteiger partial charge in [0.25, 0.3) is 0 Å². The molecule has 1 unspecified atom stereocenters. The molecule has 2 rings (SSSR count). The maximum absolute atomic E-state index is 11.5. The number of nitrogens with two attached hydrogens (primary N) is 1. The summed E-state index contributed by atoms with van der Waals surface area (Å²) >= 11 is 6.25. The number of halogens is 1. The lowest BCUT2D eigenvalue weighted by atomic mass is 10.1. The van der Waals surface area contributed by atoms with E-state index in [1.165, 1.54) is 0 Å². The molecule has 3 N–H and O–H groups in total. The SMILES string of the molecule is CC(C)(C)OC(=O)NCCOc1cc(Cl)c2c(c1)CC(N)C2. The van der Waals surface area contributed by atoms with Crippen LogP contribution in [-0.4, -0.2) is 30.9 Å². The minimum absolute atomic E-state index is 0.136. The fourth-order valence-corrected chi connectivity index (χ4v) is 2.72. The van der Waals surface area contributed by atoms with Crippen LogP contribution in [0.15, 0.2) is 12.1 Å². The first-order valence-electron chi connectivity index (χ1n) is 7.41. The van der Waals surface area contributed by atoms with Crippen molar-refractivity contribution in [3.05, 3.63) is 28.3 Å². The maximum Gasteiger partial charge on any atom is 0.407 e. The van der Waals surface area contributed by atoms with Gasteiger partial charge in [-0.1, -0.05) is 11.6 Å². The number of carbonyl (C=O) groups excluding carboxylic acids is 1. The van der Waals surface area contributed by atoms with Gasteiger partial charge in [-0.15, -0.1) is 0 Å². The summed E-state index contributed by atoms with van der Waals surface area (Å²) in [6.07, 6.45) is 1.19. The quantitative estimate of drug-likeness (QED) is 0.834. The van der Waals surface area contributed by atoms with Crippen molar-refractivity contribution in [2.45, 2.75) is 45.3 Å². The van der Waals surface area contributed by atoms with Crippen molar-refractivity contribution in [2.75, 3.05) is 13.2 Å². The highest BCUT2D eigenvalue weighted by atomic mass is 35.5. The van der Waals surface area contributed by atoms with Crippen molar-refractivity contribution in [2.24, 2.45) is 5.73 Å². The number of fused-ring (bicyclic) bond motifs is 1. The van der Waals surface area contributed by atoms with Gasteiger partial charge in [0.05, 0.1) is 6.54 Å². The summed E-state index contributed by atoms with van der Waals surface area (Å²) in [6, 6.07) is 3.91. The third-order valence-electron chi connectivity index (χ3n) is 3.25. The van der Waals surface area contributed by atoms with Crippen LogP contribution in [-0.2, 0) is 17.6 Å². The zero-order valence-corrected chi connectivity index (χ0v) is 14.0. The number of ether oxygens (including phenoxy) is 2. The third kappa shape index (κ3) is 4.78. The smallest absolute Gasteiger partial charge is 0.407 e. The van der Waals surface area contributed by atoms with E-state index in [1.54, 1.807) is 6.07 Å². The Bertz CT molecular complexity index is 555. The second kappa shape index (κ2) is 6.75. The van der Waals surface area contributed by atoms with Crippen molar-refractivity contribution >= 4 is 17.7 Å². The number of rotatable bonds is 4. The van der Waals surface area contributed by atoms with Crippen LogP contribution in [0.1, 0.15) is 31.9 Å². The molecule has 1 atom stereocenters. The Balaban J connectivity index is 1.80. The minimum atomic E-state index is -0.503. The van der Waals surface area contributed by atoms with Gasteiger partial charge >= 0.3 is 6.09 Å². The van der Waals surface area contributed by atoms with E-state index in [0.717, 1.165) is 24.0 Å². The van der Waals surface area contributed by atoms with Crippen molar-refractivity contribution < 1.29 is 14.3 Å². The summed E-state index contributed by atoms with van der Waals surface area (Å²) in [7, 11) is 0. The molecule has 0 aliphatic heterocycles. The van der Waals surface area contributed by atoms with Gasteiger partial charge in [-0.25, -0.2) is 4.79 Å². The van der Waals surface area contributed by atoms with Crippen LogP contribution >= 0.6 is 11.6 Å². The van der Waals surface area contributed by atoms with Crippen molar-refractivity contribution in [3.8, 4) is 5.75 Å². The zero-order valence-electron chi connectivity index (χ0n) is 13.2. The molecule has 0 radical (unpaired) electrons. The molecule has 0 saturated heterocycles. The maximum atomic E-state index is 11.5. The second-order valence-electron chi connectivity index (χ2n) is 6.49. The Kier molecular flexibility index (Phi) is 5.19. The average Bonchev–Trinajstić information content (AvgIpc) is 2.74. The average molecular weight is 327 g/mol. The van der Waals surface area contributed by atoms with Gasteiger partial charge < -0.3 is 20.5 Å². The Labute approximate surface area is 136 Å². The zero-order chi connectivity index (χ0) is 16.3. The van der Waals surface area contributed by atoms with E-state index in [1.807, 2.05) is 26.8 Å². The highest BCUT2D eigenvalue weighted by molar-refractivity contribution is 6.31. The van der Waals surface area contributed by atoms with Gasteiger partial charge in [-0.2, -0.15) is 0 Å². The molecule has 5 nitrogen and oxygen atoms in total. The fraction of sp³-hybridized carbons (Fsp3) is 0.562. The molecule has 122 valence electrons. The Hall–Kier alpha value is -1.46. The van der Waals surface area contributed by atoms with Crippen molar-refractivity contribution in [1.29, 1.82) is 0 Å². The largest absolute Gasteiger partial charge is 0.492 e. The molecular formula is C16H23ClN2O3. The summed E-state index contributed by atoms with van der Waals surface area (Å²) < 4.78 is 10.8. The molecule has 0 aromatic heterocycles.